The molecule has 0 aliphatic heterocycles. The Balaban J connectivity index is 2.99. The molecule has 16 heavy (non-hydrogen) atoms. The van der Waals surface area contributed by atoms with Gasteiger partial charge in [-0.15, -0.1) is 4.83 Å². The molecule has 0 aromatic heterocycles. The highest BCUT2D eigenvalue weighted by molar-refractivity contribution is 9.10. The minimum absolute atomic E-state index is 0.175. The van der Waals surface area contributed by atoms with Crippen LogP contribution in [0, 0.1) is 5.82 Å². The van der Waals surface area contributed by atoms with Crippen molar-refractivity contribution in [3.63, 3.8) is 0 Å². The van der Waals surface area contributed by atoms with E-state index < -0.39 is 15.8 Å². The lowest BCUT2D eigenvalue weighted by atomic mass is 10.3. The van der Waals surface area contributed by atoms with Gasteiger partial charge in [0.15, 0.2) is 5.11 Å². The smallest absolute Gasteiger partial charge is 0.257 e. The number of rotatable bonds is 3. The van der Waals surface area contributed by atoms with Crippen LogP contribution in [0.5, 0.6) is 0 Å². The maximum atomic E-state index is 13.1. The standard InChI is InChI=1S/C7H7BrFN3O2S2/c8-5-2-1-4(3-6(5)9)16(13,14)12-11-7(10)15/h1-3,12H,(H3,10,11,15). The van der Waals surface area contributed by atoms with Crippen LogP contribution in [0.4, 0.5) is 4.39 Å². The molecule has 0 saturated carbocycles. The first-order chi connectivity index (χ1) is 7.33. The van der Waals surface area contributed by atoms with Crippen LogP contribution in [0.1, 0.15) is 0 Å². The molecule has 0 heterocycles. The molecule has 5 nitrogen and oxygen atoms in total. The summed E-state index contributed by atoms with van der Waals surface area (Å²) in [7, 11) is -3.88. The van der Waals surface area contributed by atoms with E-state index in [2.05, 4.69) is 33.6 Å². The van der Waals surface area contributed by atoms with Crippen LogP contribution < -0.4 is 16.0 Å². The van der Waals surface area contributed by atoms with Crippen molar-refractivity contribution in [2.75, 3.05) is 0 Å². The molecule has 0 aliphatic carbocycles. The predicted octanol–water partition coefficient (Wildman–Crippen LogP) is 0.615. The molecule has 4 N–H and O–H groups in total. The molecule has 9 heteroatoms. The Morgan fingerprint density at radius 2 is 2.12 bits per heavy atom. The molecular formula is C7H7BrFN3O2S2. The fourth-order valence-corrected chi connectivity index (χ4v) is 2.05. The zero-order valence-electron chi connectivity index (χ0n) is 7.70. The molecule has 88 valence electrons. The average Bonchev–Trinajstić information content (AvgIpc) is 2.19. The second-order valence-electron chi connectivity index (χ2n) is 2.67. The number of halogens is 2. The van der Waals surface area contributed by atoms with Gasteiger partial charge in [0.05, 0.1) is 9.37 Å². The van der Waals surface area contributed by atoms with Crippen molar-refractivity contribution in [3.05, 3.63) is 28.5 Å². The number of hydrogen-bond acceptors (Lipinski definition) is 3. The van der Waals surface area contributed by atoms with Crippen LogP contribution in [0.15, 0.2) is 27.6 Å². The van der Waals surface area contributed by atoms with Gasteiger partial charge in [-0.2, -0.15) is 0 Å². The summed E-state index contributed by atoms with van der Waals surface area (Å²) in [5.41, 5.74) is 7.10. The molecule has 0 unspecified atom stereocenters. The lowest BCUT2D eigenvalue weighted by Gasteiger charge is -2.07. The summed E-state index contributed by atoms with van der Waals surface area (Å²) in [4.78, 5) is 1.66. The molecule has 1 aromatic rings. The van der Waals surface area contributed by atoms with Gasteiger partial charge in [0.2, 0.25) is 0 Å². The highest BCUT2D eigenvalue weighted by atomic mass is 79.9. The van der Waals surface area contributed by atoms with E-state index in [0.717, 1.165) is 6.07 Å². The maximum absolute atomic E-state index is 13.1. The van der Waals surface area contributed by atoms with E-state index in [1.807, 2.05) is 4.83 Å². The van der Waals surface area contributed by atoms with E-state index in [9.17, 15) is 12.8 Å². The van der Waals surface area contributed by atoms with E-state index in [1.54, 1.807) is 0 Å². The monoisotopic (exact) mass is 327 g/mol. The predicted molar refractivity (Wildman–Crippen MR) is 64.3 cm³/mol. The SMILES string of the molecule is NC(=S)NNS(=O)(=O)c1ccc(Br)c(F)c1. The fourth-order valence-electron chi connectivity index (χ4n) is 0.820. The second-order valence-corrected chi connectivity index (χ2v) is 5.65. The molecule has 1 aromatic carbocycles. The maximum Gasteiger partial charge on any atom is 0.257 e. The summed E-state index contributed by atoms with van der Waals surface area (Å²) >= 11 is 7.33. The van der Waals surface area contributed by atoms with E-state index in [4.69, 9.17) is 5.73 Å². The number of sulfonamides is 1. The van der Waals surface area contributed by atoms with E-state index >= 15 is 0 Å². The molecule has 0 fully saturated rings. The lowest BCUT2D eigenvalue weighted by molar-refractivity contribution is 0.573. The van der Waals surface area contributed by atoms with Crippen molar-refractivity contribution in [3.8, 4) is 0 Å². The van der Waals surface area contributed by atoms with Crippen LogP contribution in [-0.4, -0.2) is 13.5 Å². The van der Waals surface area contributed by atoms with Crippen molar-refractivity contribution < 1.29 is 12.8 Å². The summed E-state index contributed by atoms with van der Waals surface area (Å²) in [6.07, 6.45) is 0. The molecule has 0 atom stereocenters. The molecule has 0 bridgehead atoms. The Hall–Kier alpha value is -0.770. The number of hydrazine groups is 1. The summed E-state index contributed by atoms with van der Waals surface area (Å²) in [6.45, 7) is 0. The summed E-state index contributed by atoms with van der Waals surface area (Å²) < 4.78 is 36.3. The zero-order chi connectivity index (χ0) is 12.3. The van der Waals surface area contributed by atoms with Gasteiger partial charge in [-0.05, 0) is 46.3 Å². The van der Waals surface area contributed by atoms with Gasteiger partial charge in [0.1, 0.15) is 5.82 Å². The average molecular weight is 328 g/mol. The Morgan fingerprint density at radius 3 is 2.62 bits per heavy atom. The normalized spacial score (nSPS) is 11.1. The van der Waals surface area contributed by atoms with Gasteiger partial charge >= 0.3 is 0 Å². The van der Waals surface area contributed by atoms with Gasteiger partial charge in [-0.3, -0.25) is 5.43 Å². The van der Waals surface area contributed by atoms with Crippen molar-refractivity contribution in [2.24, 2.45) is 5.73 Å². The van der Waals surface area contributed by atoms with Crippen molar-refractivity contribution in [1.82, 2.24) is 10.3 Å². The highest BCUT2D eigenvalue weighted by Crippen LogP contribution is 2.18. The quantitative estimate of drug-likeness (QED) is 0.559. The Bertz CT molecular complexity index is 520. The van der Waals surface area contributed by atoms with Gasteiger partial charge < -0.3 is 5.73 Å². The van der Waals surface area contributed by atoms with E-state index in [0.29, 0.717) is 0 Å². The molecule has 0 saturated heterocycles. The Kier molecular flexibility index (Phi) is 4.19. The zero-order valence-corrected chi connectivity index (χ0v) is 10.9. The summed E-state index contributed by atoms with van der Waals surface area (Å²) in [5.74, 6) is -0.682. The highest BCUT2D eigenvalue weighted by Gasteiger charge is 2.15. The van der Waals surface area contributed by atoms with Crippen LogP contribution in [0.3, 0.4) is 0 Å². The van der Waals surface area contributed by atoms with Crippen LogP contribution in [0.25, 0.3) is 0 Å². The van der Waals surface area contributed by atoms with E-state index in [1.165, 1.54) is 12.1 Å². The molecule has 0 spiro atoms. The van der Waals surface area contributed by atoms with Crippen LogP contribution in [-0.2, 0) is 10.0 Å². The number of nitrogens with two attached hydrogens (primary N) is 1. The van der Waals surface area contributed by atoms with Gasteiger partial charge in [-0.1, -0.05) is 0 Å². The molecule has 0 aliphatic rings. The van der Waals surface area contributed by atoms with E-state index in [-0.39, 0.29) is 14.5 Å². The van der Waals surface area contributed by atoms with Crippen molar-refractivity contribution in [1.29, 1.82) is 0 Å². The topological polar surface area (TPSA) is 84.2 Å². The van der Waals surface area contributed by atoms with Crippen molar-refractivity contribution >= 4 is 43.3 Å². The van der Waals surface area contributed by atoms with Gasteiger partial charge in [-0.25, -0.2) is 12.8 Å². The molecular weight excluding hydrogens is 321 g/mol. The number of benzene rings is 1. The number of thiocarbonyl (C=S) groups is 1. The van der Waals surface area contributed by atoms with Crippen molar-refractivity contribution in [2.45, 2.75) is 4.90 Å². The summed E-state index contributed by atoms with van der Waals surface area (Å²) in [6, 6.07) is 3.38. The molecule has 0 amide bonds. The Labute approximate surface area is 105 Å². The third-order valence-electron chi connectivity index (χ3n) is 1.51. The summed E-state index contributed by atoms with van der Waals surface area (Å²) in [5, 5.41) is -0.235. The van der Waals surface area contributed by atoms with Gasteiger partial charge in [0.25, 0.3) is 10.0 Å². The first-order valence-corrected chi connectivity index (χ1v) is 6.53. The molecule has 0 radical (unpaired) electrons. The second kappa shape index (κ2) is 5.04. The van der Waals surface area contributed by atoms with Gasteiger partial charge in [0, 0.05) is 0 Å². The fraction of sp³-hybridized carbons (Fsp3) is 0. The third-order valence-corrected chi connectivity index (χ3v) is 3.50. The number of hydrogen-bond donors (Lipinski definition) is 3. The van der Waals surface area contributed by atoms with Crippen LogP contribution in [0.2, 0.25) is 0 Å². The van der Waals surface area contributed by atoms with Crippen LogP contribution >= 0.6 is 28.1 Å². The largest absolute Gasteiger partial charge is 0.375 e. The minimum atomic E-state index is -3.88. The number of nitrogens with one attached hydrogen (secondary N) is 2. The first-order valence-electron chi connectivity index (χ1n) is 3.85. The third kappa shape index (κ3) is 3.37. The molecule has 1 rings (SSSR count). The first kappa shape index (κ1) is 13.3. The Morgan fingerprint density at radius 1 is 1.50 bits per heavy atom. The minimum Gasteiger partial charge on any atom is -0.375 e. The lowest BCUT2D eigenvalue weighted by Crippen LogP contribution is -2.44.